The molecule has 0 aromatic heterocycles. The van der Waals surface area contributed by atoms with Crippen molar-refractivity contribution in [1.82, 2.24) is 5.32 Å². The van der Waals surface area contributed by atoms with E-state index in [-0.39, 0.29) is 5.91 Å². The average molecular weight is 276 g/mol. The van der Waals surface area contributed by atoms with Gasteiger partial charge in [0.15, 0.2) is 0 Å². The van der Waals surface area contributed by atoms with Crippen LogP contribution in [0.4, 0.5) is 0 Å². The first-order valence-electron chi connectivity index (χ1n) is 6.68. The number of nitrogens with zero attached hydrogens (tertiary/aromatic N) is 1. The quantitative estimate of drug-likeness (QED) is 0.874. The molecule has 0 radical (unpaired) electrons. The average Bonchev–Trinajstić information content (AvgIpc) is 2.88. The van der Waals surface area contributed by atoms with Crippen LogP contribution in [0.2, 0.25) is 0 Å². The van der Waals surface area contributed by atoms with Crippen LogP contribution in [0.25, 0.3) is 0 Å². The summed E-state index contributed by atoms with van der Waals surface area (Å²) in [6, 6.07) is 9.63. The monoisotopic (exact) mass is 276 g/mol. The summed E-state index contributed by atoms with van der Waals surface area (Å²) in [5.41, 5.74) is 1.02. The normalized spacial score (nSPS) is 20.0. The van der Waals surface area contributed by atoms with Gasteiger partial charge in [0.2, 0.25) is 6.10 Å². The lowest BCUT2D eigenvalue weighted by molar-refractivity contribution is -0.134. The summed E-state index contributed by atoms with van der Waals surface area (Å²) in [5, 5.41) is 16.4. The largest absolute Gasteiger partial charge is 0.391 e. The zero-order valence-corrected chi connectivity index (χ0v) is 12.0. The molecule has 0 bridgehead atoms. The van der Waals surface area contributed by atoms with Crippen molar-refractivity contribution in [3.8, 4) is 0 Å². The lowest BCUT2D eigenvalue weighted by atomic mass is 9.97. The molecule has 0 saturated heterocycles. The molecule has 5 heteroatoms. The van der Waals surface area contributed by atoms with E-state index in [2.05, 4.69) is 10.5 Å². The minimum atomic E-state index is -0.698. The summed E-state index contributed by atoms with van der Waals surface area (Å²) in [7, 11) is 0. The number of rotatable bonds is 4. The zero-order chi connectivity index (χ0) is 14.8. The highest BCUT2D eigenvalue weighted by molar-refractivity contribution is 6.04. The Hall–Kier alpha value is -1.88. The second-order valence-electron chi connectivity index (χ2n) is 5.59. The fourth-order valence-electron chi connectivity index (χ4n) is 1.82. The molecule has 1 aliphatic heterocycles. The Balaban J connectivity index is 1.97. The summed E-state index contributed by atoms with van der Waals surface area (Å²) in [4.78, 5) is 17.3. The van der Waals surface area contributed by atoms with Gasteiger partial charge in [-0.2, -0.15) is 0 Å². The van der Waals surface area contributed by atoms with Crippen LogP contribution in [0, 0.1) is 0 Å². The minimum absolute atomic E-state index is 0.259. The van der Waals surface area contributed by atoms with Gasteiger partial charge in [0.25, 0.3) is 5.91 Å². The molecule has 1 aromatic carbocycles. The number of oxime groups is 1. The topological polar surface area (TPSA) is 70.9 Å². The minimum Gasteiger partial charge on any atom is -0.391 e. The van der Waals surface area contributed by atoms with E-state index < -0.39 is 17.7 Å². The molecular weight excluding hydrogens is 256 g/mol. The summed E-state index contributed by atoms with van der Waals surface area (Å²) in [6.45, 7) is 5.18. The molecule has 0 spiro atoms. The third-order valence-electron chi connectivity index (χ3n) is 3.56. The van der Waals surface area contributed by atoms with Crippen LogP contribution in [-0.2, 0) is 9.63 Å². The fourth-order valence-corrected chi connectivity index (χ4v) is 1.82. The second kappa shape index (κ2) is 5.63. The van der Waals surface area contributed by atoms with Gasteiger partial charge in [-0.3, -0.25) is 4.79 Å². The van der Waals surface area contributed by atoms with Crippen molar-refractivity contribution >= 4 is 11.6 Å². The van der Waals surface area contributed by atoms with Gasteiger partial charge in [-0.15, -0.1) is 0 Å². The van der Waals surface area contributed by atoms with E-state index in [0.29, 0.717) is 6.42 Å². The number of hydrogen-bond acceptors (Lipinski definition) is 4. The van der Waals surface area contributed by atoms with Gasteiger partial charge in [-0.05, 0) is 26.3 Å². The van der Waals surface area contributed by atoms with Crippen molar-refractivity contribution in [2.45, 2.75) is 44.9 Å². The Morgan fingerprint density at radius 2 is 2.10 bits per heavy atom. The highest BCUT2D eigenvalue weighted by Crippen LogP contribution is 2.18. The Bertz CT molecular complexity index is 509. The molecule has 1 amide bonds. The Morgan fingerprint density at radius 3 is 2.70 bits per heavy atom. The van der Waals surface area contributed by atoms with E-state index in [1.165, 1.54) is 0 Å². The fraction of sp³-hybridized carbons (Fsp3) is 0.467. The van der Waals surface area contributed by atoms with Gasteiger partial charge in [0.05, 0.1) is 17.4 Å². The van der Waals surface area contributed by atoms with Crippen molar-refractivity contribution in [3.05, 3.63) is 35.9 Å². The lowest BCUT2D eigenvalue weighted by Crippen LogP contribution is -2.53. The van der Waals surface area contributed by atoms with Crippen LogP contribution >= 0.6 is 0 Å². The zero-order valence-electron chi connectivity index (χ0n) is 12.0. The standard InChI is InChI=1S/C15H20N2O3/c1-10(18)15(2,3)16-14(19)13-9-12(17-20-13)11-7-5-4-6-8-11/h4-8,10,13,18H,9H2,1-3H3,(H,16,19). The van der Waals surface area contributed by atoms with Crippen LogP contribution in [-0.4, -0.2) is 34.5 Å². The molecule has 1 aliphatic rings. The molecule has 0 fully saturated rings. The number of aliphatic hydroxyl groups is 1. The molecule has 1 aromatic rings. The maximum Gasteiger partial charge on any atom is 0.264 e. The Labute approximate surface area is 118 Å². The number of aliphatic hydroxyl groups excluding tert-OH is 1. The van der Waals surface area contributed by atoms with Crippen LogP contribution in [0.15, 0.2) is 35.5 Å². The van der Waals surface area contributed by atoms with Crippen molar-refractivity contribution < 1.29 is 14.7 Å². The summed E-state index contributed by atoms with van der Waals surface area (Å²) in [5.74, 6) is -0.259. The van der Waals surface area contributed by atoms with Crippen LogP contribution < -0.4 is 5.32 Å². The van der Waals surface area contributed by atoms with Crippen molar-refractivity contribution in [2.24, 2.45) is 5.16 Å². The predicted octanol–water partition coefficient (Wildman–Crippen LogP) is 1.46. The first-order valence-corrected chi connectivity index (χ1v) is 6.68. The van der Waals surface area contributed by atoms with Gasteiger partial charge in [0, 0.05) is 6.42 Å². The Kier molecular flexibility index (Phi) is 4.09. The number of amides is 1. The molecular formula is C15H20N2O3. The molecule has 5 nitrogen and oxygen atoms in total. The highest BCUT2D eigenvalue weighted by atomic mass is 16.6. The van der Waals surface area contributed by atoms with E-state index >= 15 is 0 Å². The van der Waals surface area contributed by atoms with E-state index in [1.54, 1.807) is 20.8 Å². The number of carbonyl (C=O) groups excluding carboxylic acids is 1. The third-order valence-corrected chi connectivity index (χ3v) is 3.56. The van der Waals surface area contributed by atoms with E-state index in [1.807, 2.05) is 30.3 Å². The number of benzene rings is 1. The molecule has 0 saturated carbocycles. The smallest absolute Gasteiger partial charge is 0.264 e. The van der Waals surface area contributed by atoms with Gasteiger partial charge >= 0.3 is 0 Å². The van der Waals surface area contributed by atoms with Gasteiger partial charge in [0.1, 0.15) is 0 Å². The Morgan fingerprint density at radius 1 is 1.45 bits per heavy atom. The predicted molar refractivity (Wildman–Crippen MR) is 76.4 cm³/mol. The molecule has 108 valence electrons. The molecule has 2 atom stereocenters. The van der Waals surface area contributed by atoms with Crippen LogP contribution in [0.1, 0.15) is 32.8 Å². The third kappa shape index (κ3) is 3.17. The number of hydrogen-bond donors (Lipinski definition) is 2. The molecule has 20 heavy (non-hydrogen) atoms. The molecule has 1 heterocycles. The first-order chi connectivity index (χ1) is 9.40. The van der Waals surface area contributed by atoms with Gasteiger partial charge in [-0.25, -0.2) is 0 Å². The summed E-state index contributed by atoms with van der Waals surface area (Å²) >= 11 is 0. The summed E-state index contributed by atoms with van der Waals surface area (Å²) < 4.78 is 0. The van der Waals surface area contributed by atoms with Gasteiger partial charge < -0.3 is 15.3 Å². The molecule has 2 unspecified atom stereocenters. The van der Waals surface area contributed by atoms with Crippen molar-refractivity contribution in [3.63, 3.8) is 0 Å². The van der Waals surface area contributed by atoms with Crippen LogP contribution in [0.5, 0.6) is 0 Å². The maximum atomic E-state index is 12.1. The van der Waals surface area contributed by atoms with E-state index in [4.69, 9.17) is 4.84 Å². The summed E-state index contributed by atoms with van der Waals surface area (Å²) in [6.07, 6.45) is -0.850. The SMILES string of the molecule is CC(O)C(C)(C)NC(=O)C1CC(c2ccccc2)=NO1. The highest BCUT2D eigenvalue weighted by Gasteiger charge is 2.34. The maximum absolute atomic E-state index is 12.1. The number of carbonyl (C=O) groups is 1. The van der Waals surface area contributed by atoms with Gasteiger partial charge in [-0.1, -0.05) is 35.5 Å². The molecule has 2 rings (SSSR count). The van der Waals surface area contributed by atoms with Crippen molar-refractivity contribution in [2.75, 3.05) is 0 Å². The van der Waals surface area contributed by atoms with Crippen LogP contribution in [0.3, 0.4) is 0 Å². The lowest BCUT2D eigenvalue weighted by Gasteiger charge is -2.30. The van der Waals surface area contributed by atoms with E-state index in [0.717, 1.165) is 11.3 Å². The first kappa shape index (κ1) is 14.5. The number of nitrogens with one attached hydrogen (secondary N) is 1. The molecule has 2 N–H and O–H groups in total. The second-order valence-corrected chi connectivity index (χ2v) is 5.59. The van der Waals surface area contributed by atoms with Crippen molar-refractivity contribution in [1.29, 1.82) is 0 Å². The van der Waals surface area contributed by atoms with E-state index in [9.17, 15) is 9.90 Å². The molecule has 0 aliphatic carbocycles.